The molecule has 1 aliphatic rings. The Kier molecular flexibility index (Phi) is 9.48. The molecule has 0 bridgehead atoms. The van der Waals surface area contributed by atoms with Gasteiger partial charge in [-0.25, -0.2) is 0 Å². The van der Waals surface area contributed by atoms with Crippen molar-refractivity contribution in [2.24, 2.45) is 0 Å². The maximum Gasteiger partial charge on any atom is 0.137 e. The van der Waals surface area contributed by atoms with Gasteiger partial charge in [-0.1, -0.05) is 70.4 Å². The van der Waals surface area contributed by atoms with E-state index in [2.05, 4.69) is 25.7 Å². The van der Waals surface area contributed by atoms with Gasteiger partial charge in [0.25, 0.3) is 0 Å². The largest absolute Gasteiger partial charge is 0.493 e. The van der Waals surface area contributed by atoms with E-state index >= 15 is 0 Å². The van der Waals surface area contributed by atoms with Crippen molar-refractivity contribution in [3.63, 3.8) is 0 Å². The number of nitrogens with zero attached hydrogens (tertiary/aromatic N) is 1. The summed E-state index contributed by atoms with van der Waals surface area (Å²) in [4.78, 5) is 2.33. The molecule has 37 heavy (non-hydrogen) atoms. The fourth-order valence-corrected chi connectivity index (χ4v) is 4.93. The molecule has 198 valence electrons. The van der Waals surface area contributed by atoms with Gasteiger partial charge >= 0.3 is 0 Å². The second-order valence-corrected chi connectivity index (χ2v) is 9.73. The molecular formula is C32H41NO4. The first-order chi connectivity index (χ1) is 18.1. The molecule has 5 nitrogen and oxygen atoms in total. The monoisotopic (exact) mass is 503 g/mol. The standard InChI is InChI=1S/C32H41NO4/c1-4-7-8-12-20-35-26-15-17-28-30(22-26)37-31-23-27(36-21-19-33(5-2)6-3)16-18-29(31)32(28,34)24-25-13-10-9-11-14-25/h9-11,13-18,22-23,34H,4-8,12,19-21,24H2,1-3H3. The van der Waals surface area contributed by atoms with Crippen molar-refractivity contribution in [3.8, 4) is 23.0 Å². The number of unbranched alkanes of at least 4 members (excludes halogenated alkanes) is 3. The van der Waals surface area contributed by atoms with Crippen LogP contribution >= 0.6 is 0 Å². The minimum Gasteiger partial charge on any atom is -0.493 e. The highest BCUT2D eigenvalue weighted by Crippen LogP contribution is 2.50. The summed E-state index contributed by atoms with van der Waals surface area (Å²) < 4.78 is 18.5. The second-order valence-electron chi connectivity index (χ2n) is 9.73. The van der Waals surface area contributed by atoms with Crippen LogP contribution in [0.5, 0.6) is 23.0 Å². The average molecular weight is 504 g/mol. The molecule has 3 aromatic rings. The van der Waals surface area contributed by atoms with E-state index in [-0.39, 0.29) is 0 Å². The van der Waals surface area contributed by atoms with Crippen molar-refractivity contribution in [2.75, 3.05) is 32.8 Å². The third-order valence-corrected chi connectivity index (χ3v) is 7.16. The van der Waals surface area contributed by atoms with E-state index in [1.165, 1.54) is 19.3 Å². The summed E-state index contributed by atoms with van der Waals surface area (Å²) in [6.07, 6.45) is 5.06. The minimum absolute atomic E-state index is 0.441. The van der Waals surface area contributed by atoms with Gasteiger partial charge in [0, 0.05) is 36.2 Å². The van der Waals surface area contributed by atoms with Crippen LogP contribution in [0.3, 0.4) is 0 Å². The van der Waals surface area contributed by atoms with Gasteiger partial charge in [0.05, 0.1) is 6.61 Å². The molecule has 3 aromatic carbocycles. The Hall–Kier alpha value is -3.02. The lowest BCUT2D eigenvalue weighted by Crippen LogP contribution is -2.33. The van der Waals surface area contributed by atoms with Gasteiger partial charge in [-0.05, 0) is 49.3 Å². The molecule has 4 rings (SSSR count). The molecular weight excluding hydrogens is 462 g/mol. The van der Waals surface area contributed by atoms with Gasteiger partial charge in [0.2, 0.25) is 0 Å². The molecule has 1 atom stereocenters. The summed E-state index contributed by atoms with van der Waals surface area (Å²) in [5, 5.41) is 12.2. The van der Waals surface area contributed by atoms with Crippen LogP contribution < -0.4 is 14.2 Å². The molecule has 0 fully saturated rings. The van der Waals surface area contributed by atoms with Gasteiger partial charge in [0.1, 0.15) is 35.2 Å². The fourth-order valence-electron chi connectivity index (χ4n) is 4.93. The highest BCUT2D eigenvalue weighted by atomic mass is 16.5. The molecule has 1 unspecified atom stereocenters. The fraction of sp³-hybridized carbons (Fsp3) is 0.438. The van der Waals surface area contributed by atoms with E-state index in [1.54, 1.807) is 0 Å². The van der Waals surface area contributed by atoms with Crippen LogP contribution in [-0.2, 0) is 12.0 Å². The first kappa shape index (κ1) is 27.0. The molecule has 5 heteroatoms. The third kappa shape index (κ3) is 6.65. The van der Waals surface area contributed by atoms with Crippen LogP contribution in [0.1, 0.15) is 63.1 Å². The Labute approximate surface area is 222 Å². The molecule has 0 saturated carbocycles. The number of fused-ring (bicyclic) bond motifs is 2. The summed E-state index contributed by atoms with van der Waals surface area (Å²) in [5.41, 5.74) is 1.31. The summed E-state index contributed by atoms with van der Waals surface area (Å²) >= 11 is 0. The lowest BCUT2D eigenvalue weighted by molar-refractivity contribution is 0.0696. The predicted molar refractivity (Wildman–Crippen MR) is 149 cm³/mol. The van der Waals surface area contributed by atoms with Gasteiger partial charge < -0.3 is 24.2 Å². The highest BCUT2D eigenvalue weighted by molar-refractivity contribution is 5.59. The Balaban J connectivity index is 1.60. The van der Waals surface area contributed by atoms with Crippen molar-refractivity contribution in [3.05, 3.63) is 83.4 Å². The van der Waals surface area contributed by atoms with E-state index in [1.807, 2.05) is 66.7 Å². The number of aliphatic hydroxyl groups is 1. The first-order valence-electron chi connectivity index (χ1n) is 13.8. The SMILES string of the molecule is CCCCCCOc1ccc2c(c1)Oc1cc(OCCN(CC)CC)ccc1C2(O)Cc1ccccc1. The summed E-state index contributed by atoms with van der Waals surface area (Å²) in [7, 11) is 0. The Morgan fingerprint density at radius 2 is 1.38 bits per heavy atom. The number of hydrogen-bond acceptors (Lipinski definition) is 5. The maximum atomic E-state index is 12.2. The van der Waals surface area contributed by atoms with E-state index in [0.717, 1.165) is 54.2 Å². The van der Waals surface area contributed by atoms with Crippen LogP contribution in [0.2, 0.25) is 0 Å². The molecule has 0 aromatic heterocycles. The molecule has 1 N–H and O–H groups in total. The normalized spacial score (nSPS) is 16.1. The summed E-state index contributed by atoms with van der Waals surface area (Å²) in [5.74, 6) is 2.73. The molecule has 0 aliphatic carbocycles. The van der Waals surface area contributed by atoms with Gasteiger partial charge in [0.15, 0.2) is 0 Å². The zero-order chi connectivity index (χ0) is 26.1. The van der Waals surface area contributed by atoms with Gasteiger partial charge in [-0.15, -0.1) is 0 Å². The molecule has 0 spiro atoms. The summed E-state index contributed by atoms with van der Waals surface area (Å²) in [6, 6.07) is 21.6. The van der Waals surface area contributed by atoms with E-state index in [4.69, 9.17) is 14.2 Å². The summed E-state index contributed by atoms with van der Waals surface area (Å²) in [6.45, 7) is 10.7. The van der Waals surface area contributed by atoms with Crippen molar-refractivity contribution in [1.82, 2.24) is 4.90 Å². The quantitative estimate of drug-likeness (QED) is 0.241. The van der Waals surface area contributed by atoms with Crippen molar-refractivity contribution < 1.29 is 19.3 Å². The second kappa shape index (κ2) is 13.0. The molecule has 1 aliphatic heterocycles. The topological polar surface area (TPSA) is 51.2 Å². The smallest absolute Gasteiger partial charge is 0.137 e. The minimum atomic E-state index is -1.23. The number of hydrogen-bond donors (Lipinski definition) is 1. The zero-order valence-electron chi connectivity index (χ0n) is 22.5. The average Bonchev–Trinajstić information content (AvgIpc) is 2.91. The van der Waals surface area contributed by atoms with Gasteiger partial charge in [-0.2, -0.15) is 0 Å². The van der Waals surface area contributed by atoms with Crippen LogP contribution in [-0.4, -0.2) is 42.9 Å². The molecule has 0 radical (unpaired) electrons. The number of ether oxygens (including phenoxy) is 3. The number of likely N-dealkylation sites (N-methyl/N-ethyl adjacent to an activating group) is 1. The van der Waals surface area contributed by atoms with E-state index in [0.29, 0.717) is 31.1 Å². The van der Waals surface area contributed by atoms with Crippen molar-refractivity contribution >= 4 is 0 Å². The van der Waals surface area contributed by atoms with Gasteiger partial charge in [-0.3, -0.25) is 0 Å². The molecule has 1 heterocycles. The van der Waals surface area contributed by atoms with Crippen molar-refractivity contribution in [1.29, 1.82) is 0 Å². The van der Waals surface area contributed by atoms with Crippen LogP contribution in [0.15, 0.2) is 66.7 Å². The maximum absolute atomic E-state index is 12.2. The Bertz CT molecular complexity index is 1130. The number of benzene rings is 3. The van der Waals surface area contributed by atoms with Crippen LogP contribution in [0, 0.1) is 0 Å². The van der Waals surface area contributed by atoms with Crippen LogP contribution in [0.25, 0.3) is 0 Å². The highest BCUT2D eigenvalue weighted by Gasteiger charge is 2.41. The predicted octanol–water partition coefficient (Wildman–Crippen LogP) is 6.95. The van der Waals surface area contributed by atoms with E-state index in [9.17, 15) is 5.11 Å². The van der Waals surface area contributed by atoms with Crippen molar-refractivity contribution in [2.45, 2.75) is 58.5 Å². The third-order valence-electron chi connectivity index (χ3n) is 7.16. The Morgan fingerprint density at radius 3 is 1.97 bits per heavy atom. The number of rotatable bonds is 14. The molecule has 0 saturated heterocycles. The zero-order valence-corrected chi connectivity index (χ0v) is 22.5. The molecule has 0 amide bonds. The first-order valence-corrected chi connectivity index (χ1v) is 13.8. The lowest BCUT2D eigenvalue weighted by Gasteiger charge is -2.36. The Morgan fingerprint density at radius 1 is 0.757 bits per heavy atom. The lowest BCUT2D eigenvalue weighted by atomic mass is 9.79. The van der Waals surface area contributed by atoms with Crippen LogP contribution in [0.4, 0.5) is 0 Å². The van der Waals surface area contributed by atoms with E-state index < -0.39 is 5.60 Å².